The Balaban J connectivity index is 1.92. The molecular formula is C10H9N3OS. The van der Waals surface area contributed by atoms with E-state index in [-0.39, 0.29) is 5.78 Å². The van der Waals surface area contributed by atoms with E-state index in [0.29, 0.717) is 11.4 Å². The molecule has 0 aliphatic rings. The van der Waals surface area contributed by atoms with Crippen LogP contribution in [0.5, 0.6) is 0 Å². The molecule has 0 bridgehead atoms. The van der Waals surface area contributed by atoms with Gasteiger partial charge in [-0.3, -0.25) is 4.79 Å². The second-order valence-corrected chi connectivity index (χ2v) is 3.84. The molecule has 0 radical (unpaired) electrons. The third kappa shape index (κ3) is 2.66. The molecule has 0 atom stereocenters. The Morgan fingerprint density at radius 2 is 2.40 bits per heavy atom. The van der Waals surface area contributed by atoms with Gasteiger partial charge in [-0.2, -0.15) is 0 Å². The van der Waals surface area contributed by atoms with E-state index < -0.39 is 0 Å². The first-order valence-electron chi connectivity index (χ1n) is 4.41. The van der Waals surface area contributed by atoms with Crippen molar-refractivity contribution >= 4 is 17.5 Å². The molecule has 0 saturated carbocycles. The Kier molecular flexibility index (Phi) is 3.14. The highest BCUT2D eigenvalue weighted by Gasteiger charge is 2.06. The van der Waals surface area contributed by atoms with Crippen molar-refractivity contribution < 1.29 is 4.79 Å². The lowest BCUT2D eigenvalue weighted by atomic mass is 10.3. The summed E-state index contributed by atoms with van der Waals surface area (Å²) in [5, 5.41) is 0.810. The maximum atomic E-state index is 11.6. The highest BCUT2D eigenvalue weighted by molar-refractivity contribution is 7.99. The first-order chi connectivity index (χ1) is 7.36. The predicted molar refractivity (Wildman–Crippen MR) is 57.9 cm³/mol. The zero-order valence-corrected chi connectivity index (χ0v) is 8.70. The van der Waals surface area contributed by atoms with Crippen LogP contribution in [0.4, 0.5) is 0 Å². The van der Waals surface area contributed by atoms with Crippen molar-refractivity contribution in [2.75, 3.05) is 5.75 Å². The molecule has 0 unspecified atom stereocenters. The predicted octanol–water partition coefficient (Wildman–Crippen LogP) is 1.78. The first kappa shape index (κ1) is 9.92. The molecule has 0 aromatic carbocycles. The van der Waals surface area contributed by atoms with Gasteiger partial charge in [0, 0.05) is 12.4 Å². The fraction of sp³-hybridized carbons (Fsp3) is 0.100. The van der Waals surface area contributed by atoms with Crippen LogP contribution in [0.25, 0.3) is 0 Å². The minimum Gasteiger partial charge on any atom is -0.359 e. The van der Waals surface area contributed by atoms with E-state index in [1.54, 1.807) is 24.5 Å². The molecule has 5 heteroatoms. The molecule has 1 N–H and O–H groups in total. The summed E-state index contributed by atoms with van der Waals surface area (Å²) in [6.07, 6.45) is 4.87. The van der Waals surface area contributed by atoms with Crippen molar-refractivity contribution in [3.05, 3.63) is 42.6 Å². The van der Waals surface area contributed by atoms with Crippen molar-refractivity contribution in [1.82, 2.24) is 15.0 Å². The van der Waals surface area contributed by atoms with Crippen LogP contribution >= 0.6 is 11.8 Å². The molecule has 0 amide bonds. The minimum atomic E-state index is 0.0728. The minimum absolute atomic E-state index is 0.0728. The molecule has 0 aliphatic heterocycles. The molecule has 4 nitrogen and oxygen atoms in total. The second kappa shape index (κ2) is 4.75. The van der Waals surface area contributed by atoms with Gasteiger partial charge < -0.3 is 4.98 Å². The molecular weight excluding hydrogens is 210 g/mol. The van der Waals surface area contributed by atoms with Gasteiger partial charge >= 0.3 is 0 Å². The van der Waals surface area contributed by atoms with E-state index in [4.69, 9.17) is 0 Å². The van der Waals surface area contributed by atoms with E-state index in [1.807, 2.05) is 6.07 Å². The Morgan fingerprint density at radius 1 is 1.47 bits per heavy atom. The summed E-state index contributed by atoms with van der Waals surface area (Å²) in [5.41, 5.74) is 0.636. The molecule has 0 fully saturated rings. The largest absolute Gasteiger partial charge is 0.359 e. The maximum Gasteiger partial charge on any atom is 0.189 e. The first-order valence-corrected chi connectivity index (χ1v) is 5.40. The summed E-state index contributed by atoms with van der Waals surface area (Å²) in [7, 11) is 0. The van der Waals surface area contributed by atoms with Crippen molar-refractivity contribution in [1.29, 1.82) is 0 Å². The van der Waals surface area contributed by atoms with Crippen molar-refractivity contribution in [3.8, 4) is 0 Å². The number of ketones is 1. The second-order valence-electron chi connectivity index (χ2n) is 2.84. The summed E-state index contributed by atoms with van der Waals surface area (Å²) < 4.78 is 0. The van der Waals surface area contributed by atoms with E-state index >= 15 is 0 Å². The number of carbonyl (C=O) groups excluding carboxylic acids is 1. The van der Waals surface area contributed by atoms with Crippen molar-refractivity contribution in [2.24, 2.45) is 0 Å². The van der Waals surface area contributed by atoms with Gasteiger partial charge in [0.1, 0.15) is 6.33 Å². The number of hydrogen-bond acceptors (Lipinski definition) is 4. The van der Waals surface area contributed by atoms with Gasteiger partial charge in [0.05, 0.1) is 16.5 Å². The van der Waals surface area contributed by atoms with Crippen molar-refractivity contribution in [3.63, 3.8) is 0 Å². The monoisotopic (exact) mass is 219 g/mol. The number of rotatable bonds is 4. The van der Waals surface area contributed by atoms with Crippen LogP contribution in [-0.2, 0) is 0 Å². The number of thioether (sulfide) groups is 1. The standard InChI is InChI=1S/C10H9N3OS/c14-9(8-2-1-4-12-8)6-15-10-3-5-11-7-13-10/h1-5,7,12H,6H2. The highest BCUT2D eigenvalue weighted by Crippen LogP contribution is 2.14. The van der Waals surface area contributed by atoms with Crippen LogP contribution in [0, 0.1) is 0 Å². The van der Waals surface area contributed by atoms with Crippen LogP contribution in [0.1, 0.15) is 10.5 Å². The highest BCUT2D eigenvalue weighted by atomic mass is 32.2. The SMILES string of the molecule is O=C(CSc1ccncn1)c1ccc[nH]1. The van der Waals surface area contributed by atoms with Gasteiger partial charge in [-0.15, -0.1) is 0 Å². The van der Waals surface area contributed by atoms with Crippen LogP contribution in [-0.4, -0.2) is 26.5 Å². The summed E-state index contributed by atoms with van der Waals surface area (Å²) in [4.78, 5) is 22.3. The average molecular weight is 219 g/mol. The summed E-state index contributed by atoms with van der Waals surface area (Å²) in [6, 6.07) is 5.36. The van der Waals surface area contributed by atoms with E-state index in [0.717, 1.165) is 5.03 Å². The van der Waals surface area contributed by atoms with E-state index in [2.05, 4.69) is 15.0 Å². The zero-order valence-electron chi connectivity index (χ0n) is 7.88. The Bertz CT molecular complexity index is 427. The number of nitrogens with one attached hydrogen (secondary N) is 1. The third-order valence-electron chi connectivity index (χ3n) is 1.80. The number of hydrogen-bond donors (Lipinski definition) is 1. The molecule has 2 rings (SSSR count). The topological polar surface area (TPSA) is 58.6 Å². The molecule has 2 aromatic heterocycles. The molecule has 0 spiro atoms. The lowest BCUT2D eigenvalue weighted by molar-refractivity contribution is 0.101. The lowest BCUT2D eigenvalue weighted by Crippen LogP contribution is -2.02. The quantitative estimate of drug-likeness (QED) is 0.484. The van der Waals surface area contributed by atoms with Gasteiger partial charge in [0.15, 0.2) is 5.78 Å². The molecule has 76 valence electrons. The van der Waals surface area contributed by atoms with Gasteiger partial charge in [0.25, 0.3) is 0 Å². The Morgan fingerprint density at radius 3 is 3.07 bits per heavy atom. The number of H-pyrrole nitrogens is 1. The summed E-state index contributed by atoms with van der Waals surface area (Å²) >= 11 is 1.41. The van der Waals surface area contributed by atoms with Crippen LogP contribution < -0.4 is 0 Å². The smallest absolute Gasteiger partial charge is 0.189 e. The third-order valence-corrected chi connectivity index (χ3v) is 2.75. The normalized spacial score (nSPS) is 10.1. The summed E-state index contributed by atoms with van der Waals surface area (Å²) in [5.74, 6) is 0.459. The van der Waals surface area contributed by atoms with Gasteiger partial charge in [-0.1, -0.05) is 11.8 Å². The van der Waals surface area contributed by atoms with Crippen LogP contribution in [0.3, 0.4) is 0 Å². The summed E-state index contributed by atoms with van der Waals surface area (Å²) in [6.45, 7) is 0. The maximum absolute atomic E-state index is 11.6. The lowest BCUT2D eigenvalue weighted by Gasteiger charge is -1.97. The number of carbonyl (C=O) groups is 1. The van der Waals surface area contributed by atoms with Crippen LogP contribution in [0.15, 0.2) is 41.9 Å². The number of nitrogens with zero attached hydrogens (tertiary/aromatic N) is 2. The van der Waals surface area contributed by atoms with E-state index in [1.165, 1.54) is 18.1 Å². The van der Waals surface area contributed by atoms with Crippen LogP contribution in [0.2, 0.25) is 0 Å². The Labute approximate surface area is 91.2 Å². The van der Waals surface area contributed by atoms with Crippen molar-refractivity contribution in [2.45, 2.75) is 5.03 Å². The Hall–Kier alpha value is -1.62. The fourth-order valence-electron chi connectivity index (χ4n) is 1.08. The van der Waals surface area contributed by atoms with Gasteiger partial charge in [-0.05, 0) is 18.2 Å². The molecule has 0 aliphatic carbocycles. The zero-order chi connectivity index (χ0) is 10.5. The number of Topliss-reactive ketones (excluding diaryl/α,β-unsaturated/α-hetero) is 1. The number of aromatic nitrogens is 3. The van der Waals surface area contributed by atoms with Gasteiger partial charge in [-0.25, -0.2) is 9.97 Å². The molecule has 0 saturated heterocycles. The molecule has 15 heavy (non-hydrogen) atoms. The van der Waals surface area contributed by atoms with Gasteiger partial charge in [0.2, 0.25) is 0 Å². The molecule has 2 aromatic rings. The average Bonchev–Trinajstić information content (AvgIpc) is 2.81. The number of aromatic amines is 1. The molecule has 2 heterocycles. The van der Waals surface area contributed by atoms with E-state index in [9.17, 15) is 4.79 Å². The fourth-order valence-corrected chi connectivity index (χ4v) is 1.80.